The van der Waals surface area contributed by atoms with Crippen LogP contribution < -0.4 is 4.90 Å². The minimum atomic E-state index is -4.10. The van der Waals surface area contributed by atoms with E-state index >= 15 is 0 Å². The minimum absolute atomic E-state index is 0.138. The molecule has 0 amide bonds. The first-order chi connectivity index (χ1) is 48.9. The number of fused-ring (bicyclic) bond motifs is 14. The molecule has 0 N–H and O–H groups in total. The molecule has 3 aliphatic carbocycles. The summed E-state index contributed by atoms with van der Waals surface area (Å²) in [6.07, 6.45) is 0. The summed E-state index contributed by atoms with van der Waals surface area (Å²) in [4.78, 5) is 0.138. The van der Waals surface area contributed by atoms with E-state index in [1.54, 1.807) is 0 Å². The van der Waals surface area contributed by atoms with Crippen molar-refractivity contribution in [3.05, 3.63) is 257 Å². The molecule has 0 bridgehead atoms. The highest BCUT2D eigenvalue weighted by atomic mass is 15.1. The Labute approximate surface area is 429 Å². The van der Waals surface area contributed by atoms with Crippen molar-refractivity contribution in [3.63, 3.8) is 0 Å². The van der Waals surface area contributed by atoms with Gasteiger partial charge in [-0.1, -0.05) is 201 Å². The third-order valence-electron chi connectivity index (χ3n) is 11.2. The van der Waals surface area contributed by atoms with Crippen LogP contribution in [-0.4, -0.2) is 0 Å². The molecule has 1 spiro atoms. The number of para-hydroxylation sites is 1. The number of hydrogen-bond acceptors (Lipinski definition) is 1. The zero-order chi connectivity index (χ0) is 79.1. The molecule has 0 unspecified atom stereocenters. The molecule has 0 radical (unpaired) electrons. The summed E-state index contributed by atoms with van der Waals surface area (Å²) in [5.74, 6) is 0. The van der Waals surface area contributed by atoms with E-state index in [-0.39, 0.29) is 4.90 Å². The molecule has 13 rings (SSSR count). The van der Waals surface area contributed by atoms with Gasteiger partial charge in [0, 0.05) is 30.6 Å². The fourth-order valence-corrected chi connectivity index (χ4v) is 8.67. The lowest BCUT2D eigenvalue weighted by atomic mass is 9.70. The van der Waals surface area contributed by atoms with Crippen LogP contribution in [0.2, 0.25) is 0 Å². The van der Waals surface area contributed by atoms with Gasteiger partial charge in [-0.3, -0.25) is 0 Å². The van der Waals surface area contributed by atoms with E-state index in [1.165, 1.54) is 0 Å². The molecule has 0 heterocycles. The molecule has 0 saturated carbocycles. The van der Waals surface area contributed by atoms with Crippen molar-refractivity contribution in [1.29, 1.82) is 0 Å². The van der Waals surface area contributed by atoms with Crippen molar-refractivity contribution in [3.8, 4) is 55.6 Å². The van der Waals surface area contributed by atoms with E-state index in [4.69, 9.17) is 26.0 Å². The van der Waals surface area contributed by atoms with Gasteiger partial charge < -0.3 is 4.90 Å². The average molecular weight is 845 g/mol. The maximum absolute atomic E-state index is 10.8. The van der Waals surface area contributed by atoms with Crippen LogP contribution in [0.5, 0.6) is 0 Å². The first-order valence-electron chi connectivity index (χ1n) is 40.2. The standard InChI is InChI=1S/C62H43N/c1-61(2)52-25-12-11-24-51(52)60-56(61)29-16-30-58(60)63(43-18-4-3-5-19-43)44-35-31-41(32-36-44)46-37-33-40-17-6-7-20-45(40)59(46)42-34-38-50-49-23-10-15-28-55(49)62(57(50)39-42)53-26-13-8-21-47(53)48-22-9-14-27-54(48)62/h3-39H,1-2H3/i1D3,2D3,3D,4D,5D,6D,7D,8D,9D,10D,11D,12D,13D,14D,15D,16D,17D,18D,19D,20D,21D,22D,23D,24D,25D,26D,27D,28D,29D,30D,31D,32D,33D,34D,35D,36D,37D,38D,39D. The van der Waals surface area contributed by atoms with Crippen molar-refractivity contribution < 1.29 is 58.9 Å². The van der Waals surface area contributed by atoms with Crippen molar-refractivity contribution in [2.24, 2.45) is 0 Å². The van der Waals surface area contributed by atoms with Crippen molar-refractivity contribution in [1.82, 2.24) is 0 Å². The van der Waals surface area contributed by atoms with Gasteiger partial charge in [-0.05, 0) is 130 Å². The number of benzene rings is 10. The zero-order valence-corrected chi connectivity index (χ0v) is 31.4. The van der Waals surface area contributed by atoms with Gasteiger partial charge in [-0.2, -0.15) is 0 Å². The monoisotopic (exact) mass is 845 g/mol. The molecule has 0 aliphatic heterocycles. The summed E-state index contributed by atoms with van der Waals surface area (Å²) in [5, 5.41) is -2.01. The van der Waals surface area contributed by atoms with Crippen LogP contribution in [0.3, 0.4) is 0 Å². The molecule has 0 saturated heterocycles. The van der Waals surface area contributed by atoms with Gasteiger partial charge in [0.05, 0.1) is 61.8 Å². The second-order valence-corrected chi connectivity index (χ2v) is 14.3. The van der Waals surface area contributed by atoms with Crippen LogP contribution >= 0.6 is 0 Å². The molecular formula is C62H43N. The number of hydrogen-bond donors (Lipinski definition) is 0. The predicted molar refractivity (Wildman–Crippen MR) is 263 cm³/mol. The highest BCUT2D eigenvalue weighted by Gasteiger charge is 2.51. The Balaban J connectivity index is 1.27. The second kappa shape index (κ2) is 13.4. The molecular weight excluding hydrogens is 759 g/mol. The van der Waals surface area contributed by atoms with Gasteiger partial charge in [0.2, 0.25) is 0 Å². The van der Waals surface area contributed by atoms with Crippen LogP contribution in [0, 0.1) is 0 Å². The zero-order valence-electron chi connectivity index (χ0n) is 74.4. The SMILES string of the molecule is [2H]c1c([2H])c([2H])c(N(c2c([2H])c([2H])c(-c3c([2H])c([2H])c4c([2H])c([2H])c([2H])c([2H])c4c3-c3c([2H])c([2H])c4c(c3[2H])C3(c5c([2H])c([2H])c([2H])c([2H])c5-c5c([2H])c([2H])c([2H])c([2H])c53)c3c([2H])c([2H])c([2H])c([2H])c3-4)c([2H])c2[2H])c2c([2H])c([2H])c([2H])c3c2-c2c([2H])c([2H])c([2H])c([2H])c2C3(C([2H])([2H])[2H])C([2H])([2H])[2H])c([2H])c1[2H]. The first kappa shape index (κ1) is 13.4. The van der Waals surface area contributed by atoms with E-state index in [0.717, 1.165) is 0 Å². The van der Waals surface area contributed by atoms with Crippen molar-refractivity contribution in [2.75, 3.05) is 4.90 Å². The summed E-state index contributed by atoms with van der Waals surface area (Å²) >= 11 is 0. The van der Waals surface area contributed by atoms with Crippen LogP contribution in [0.25, 0.3) is 66.4 Å². The van der Waals surface area contributed by atoms with Crippen LogP contribution in [-0.2, 0) is 10.8 Å². The van der Waals surface area contributed by atoms with E-state index in [2.05, 4.69) is 0 Å². The van der Waals surface area contributed by atoms with Gasteiger partial charge in [-0.25, -0.2) is 0 Å². The molecule has 1 nitrogen and oxygen atoms in total. The Hall–Kier alpha value is -7.74. The third kappa shape index (κ3) is 4.94. The third-order valence-corrected chi connectivity index (χ3v) is 11.2. The lowest BCUT2D eigenvalue weighted by Crippen LogP contribution is -2.25. The smallest absolute Gasteiger partial charge is 0.0725 e. The Morgan fingerprint density at radius 2 is 0.889 bits per heavy atom. The summed E-state index contributed by atoms with van der Waals surface area (Å²) in [5.41, 5.74) is -27.7. The van der Waals surface area contributed by atoms with E-state index in [1.807, 2.05) is 0 Å². The quantitative estimate of drug-likeness (QED) is 0.167. The molecule has 1 heteroatoms. The molecule has 10 aromatic carbocycles. The first-order valence-corrected chi connectivity index (χ1v) is 18.7. The van der Waals surface area contributed by atoms with Gasteiger partial charge in [0.25, 0.3) is 0 Å². The fourth-order valence-electron chi connectivity index (χ4n) is 8.67. The summed E-state index contributed by atoms with van der Waals surface area (Å²) in [6.45, 7) is -8.20. The van der Waals surface area contributed by atoms with Crippen molar-refractivity contribution in [2.45, 2.75) is 24.5 Å². The molecule has 3 aliphatic rings. The lowest BCUT2D eigenvalue weighted by Gasteiger charge is -2.31. The maximum Gasteiger partial charge on any atom is 0.0725 e. The van der Waals surface area contributed by atoms with Crippen LogP contribution in [0.4, 0.5) is 17.1 Å². The van der Waals surface area contributed by atoms with Gasteiger partial charge >= 0.3 is 0 Å². The van der Waals surface area contributed by atoms with Crippen LogP contribution in [0.1, 0.15) is 106 Å². The largest absolute Gasteiger partial charge is 0.310 e. The Morgan fingerprint density at radius 1 is 0.365 bits per heavy atom. The van der Waals surface area contributed by atoms with E-state index < -0.39 is 365 Å². The van der Waals surface area contributed by atoms with E-state index in [9.17, 15) is 32.9 Å². The highest BCUT2D eigenvalue weighted by molar-refractivity contribution is 6.06. The lowest BCUT2D eigenvalue weighted by molar-refractivity contribution is 0.660. The Bertz CT molecular complexity index is 5730. The molecule has 296 valence electrons. The Morgan fingerprint density at radius 3 is 1.57 bits per heavy atom. The summed E-state index contributed by atoms with van der Waals surface area (Å²) < 4.78 is 403. The number of nitrogens with zero attached hydrogens (tertiary/aromatic N) is 1. The highest BCUT2D eigenvalue weighted by Crippen LogP contribution is 2.63. The number of anilines is 3. The van der Waals surface area contributed by atoms with Gasteiger partial charge in [0.1, 0.15) is 0 Å². The van der Waals surface area contributed by atoms with Gasteiger partial charge in [-0.15, -0.1) is 0 Å². The number of rotatable bonds is 5. The van der Waals surface area contributed by atoms with E-state index in [0.29, 0.717) is 0 Å². The molecule has 0 atom stereocenters. The van der Waals surface area contributed by atoms with Crippen LogP contribution in [0.15, 0.2) is 224 Å². The molecule has 0 fully saturated rings. The normalized spacial score (nSPS) is 24.2. The average Bonchev–Trinajstić information content (AvgIpc) is 1.48. The Kier molecular flexibility index (Phi) is 2.84. The fraction of sp³-hybridized carbons (Fsp3) is 0.0645. The molecule has 63 heavy (non-hydrogen) atoms. The molecule has 10 aromatic rings. The maximum atomic E-state index is 10.8. The summed E-state index contributed by atoms with van der Waals surface area (Å²) in [6, 6.07) is -46.6. The van der Waals surface area contributed by atoms with Crippen molar-refractivity contribution >= 4 is 27.8 Å². The van der Waals surface area contributed by atoms with Gasteiger partial charge in [0.15, 0.2) is 0 Å². The second-order valence-electron chi connectivity index (χ2n) is 14.3. The summed E-state index contributed by atoms with van der Waals surface area (Å²) in [7, 11) is 0. The minimum Gasteiger partial charge on any atom is -0.310 e. The topological polar surface area (TPSA) is 3.24 Å². The molecule has 0 aromatic heterocycles. The predicted octanol–water partition coefficient (Wildman–Crippen LogP) is 16.3.